The van der Waals surface area contributed by atoms with E-state index >= 15 is 0 Å². The fourth-order valence-electron chi connectivity index (χ4n) is 3.10. The number of likely N-dealkylation sites (N-methyl/N-ethyl adjacent to an activating group) is 1. The second-order valence-corrected chi connectivity index (χ2v) is 8.50. The highest BCUT2D eigenvalue weighted by atomic mass is 35.5. The van der Waals surface area contributed by atoms with Crippen LogP contribution in [0.25, 0.3) is 0 Å². The first-order valence-corrected chi connectivity index (χ1v) is 9.64. The highest BCUT2D eigenvalue weighted by Crippen LogP contribution is 2.35. The van der Waals surface area contributed by atoms with Gasteiger partial charge < -0.3 is 66.8 Å². The lowest BCUT2D eigenvalue weighted by Crippen LogP contribution is -3.00. The van der Waals surface area contributed by atoms with Gasteiger partial charge in [-0.15, -0.1) is 0 Å². The predicted molar refractivity (Wildman–Crippen MR) is 96.4 cm³/mol. The third kappa shape index (κ3) is 6.88. The van der Waals surface area contributed by atoms with Crippen molar-refractivity contribution in [3.8, 4) is 0 Å². The second kappa shape index (κ2) is 11.8. The predicted octanol–water partition coefficient (Wildman–Crippen LogP) is -7.73. The number of aliphatic hydroxyl groups excluding tert-OH is 7. The molecule has 31 heavy (non-hydrogen) atoms. The molecule has 7 N–H and O–H groups in total. The highest BCUT2D eigenvalue weighted by molar-refractivity contribution is 4.98. The maximum absolute atomic E-state index is 10.2. The van der Waals surface area contributed by atoms with Gasteiger partial charge in [0.1, 0.15) is 69.1 Å². The molecule has 186 valence electrons. The van der Waals surface area contributed by atoms with Crippen molar-refractivity contribution >= 4 is 0 Å². The summed E-state index contributed by atoms with van der Waals surface area (Å²) in [6, 6.07) is 0. The Kier molecular flexibility index (Phi) is 10.9. The van der Waals surface area contributed by atoms with Crippen LogP contribution >= 0.6 is 0 Å². The Morgan fingerprint density at radius 3 is 2.03 bits per heavy atom. The normalized spacial score (nSPS) is 41.2. The number of ether oxygens (including phenoxy) is 3. The van der Waals surface area contributed by atoms with E-state index in [1.54, 1.807) is 0 Å². The summed E-state index contributed by atoms with van der Waals surface area (Å²) in [6.07, 6.45) is -12.5. The summed E-state index contributed by atoms with van der Waals surface area (Å²) in [5, 5.41) is 69.5. The van der Waals surface area contributed by atoms with E-state index in [9.17, 15) is 35.7 Å². The molecule has 0 bridgehead atoms. The molecule has 13 nitrogen and oxygen atoms in total. The zero-order chi connectivity index (χ0) is 22.7. The molecule has 0 unspecified atom stereocenters. The standard InChI is InChI=1S/C17H34NO12.ClH/c1-18(2,3)4-5-26-27-7-10-11(21)13(23)14(24)16(28-10)30-17(8-20)15(25)12(22)9(6-19)29-17;/h9-16,19-25H,4-8H2,1-3H3;1H/q+1;/p-1/t9-,10-,11-,12-,13+,14-,15+,16-,17+;/m1./s1. The molecule has 0 saturated carbocycles. The molecule has 14 heteroatoms. The van der Waals surface area contributed by atoms with Gasteiger partial charge in [-0.1, -0.05) is 0 Å². The van der Waals surface area contributed by atoms with Crippen molar-refractivity contribution in [2.24, 2.45) is 0 Å². The molecule has 2 aliphatic rings. The Morgan fingerprint density at radius 2 is 1.52 bits per heavy atom. The molecule has 9 atom stereocenters. The third-order valence-corrected chi connectivity index (χ3v) is 5.05. The average molecular weight is 480 g/mol. The molecule has 0 radical (unpaired) electrons. The van der Waals surface area contributed by atoms with Crippen LogP contribution < -0.4 is 12.4 Å². The number of rotatable bonds is 10. The molecule has 2 saturated heterocycles. The van der Waals surface area contributed by atoms with E-state index in [0.29, 0.717) is 11.0 Å². The van der Waals surface area contributed by atoms with Crippen molar-refractivity contribution < 1.29 is 76.6 Å². The van der Waals surface area contributed by atoms with Gasteiger partial charge in [-0.2, -0.15) is 0 Å². The third-order valence-electron chi connectivity index (χ3n) is 5.05. The van der Waals surface area contributed by atoms with Crippen molar-refractivity contribution in [2.45, 2.75) is 54.8 Å². The summed E-state index contributed by atoms with van der Waals surface area (Å²) in [5.41, 5.74) is 0. The van der Waals surface area contributed by atoms with Gasteiger partial charge in [-0.25, -0.2) is 9.78 Å². The van der Waals surface area contributed by atoms with Crippen LogP contribution in [0.2, 0.25) is 0 Å². The molecule has 2 heterocycles. The Hall–Kier alpha value is -0.230. The van der Waals surface area contributed by atoms with Crippen LogP contribution in [-0.2, 0) is 24.0 Å². The molecule has 0 spiro atoms. The first kappa shape index (κ1) is 28.8. The maximum atomic E-state index is 10.2. The Labute approximate surface area is 186 Å². The zero-order valence-corrected chi connectivity index (χ0v) is 18.4. The first-order valence-electron chi connectivity index (χ1n) is 9.64. The Morgan fingerprint density at radius 1 is 0.871 bits per heavy atom. The summed E-state index contributed by atoms with van der Waals surface area (Å²) >= 11 is 0. The molecule has 0 amide bonds. The molecular weight excluding hydrogens is 446 g/mol. The van der Waals surface area contributed by atoms with Gasteiger partial charge in [0, 0.05) is 0 Å². The molecule has 2 rings (SSSR count). The van der Waals surface area contributed by atoms with Gasteiger partial charge in [0.05, 0.1) is 27.7 Å². The van der Waals surface area contributed by atoms with Crippen LogP contribution in [0.3, 0.4) is 0 Å². The summed E-state index contributed by atoms with van der Waals surface area (Å²) in [6.45, 7) is -1.04. The Balaban J connectivity index is 0.00000480. The van der Waals surface area contributed by atoms with Crippen LogP contribution in [0.4, 0.5) is 0 Å². The fourth-order valence-corrected chi connectivity index (χ4v) is 3.10. The van der Waals surface area contributed by atoms with Gasteiger partial charge >= 0.3 is 0 Å². The largest absolute Gasteiger partial charge is 1.00 e. The molecular formula is C17H34ClNO12. The minimum atomic E-state index is -2.23. The highest BCUT2D eigenvalue weighted by Gasteiger charge is 2.58. The monoisotopic (exact) mass is 479 g/mol. The number of hydrogen-bond donors (Lipinski definition) is 7. The van der Waals surface area contributed by atoms with E-state index in [-0.39, 0.29) is 25.6 Å². The van der Waals surface area contributed by atoms with E-state index < -0.39 is 68.0 Å². The summed E-state index contributed by atoms with van der Waals surface area (Å²) in [4.78, 5) is 10.1. The van der Waals surface area contributed by atoms with Crippen LogP contribution in [0.15, 0.2) is 0 Å². The van der Waals surface area contributed by atoms with E-state index in [0.717, 1.165) is 0 Å². The molecule has 0 aromatic heterocycles. The number of nitrogens with zero attached hydrogens (tertiary/aromatic N) is 1. The first-order chi connectivity index (χ1) is 14.0. The second-order valence-electron chi connectivity index (χ2n) is 8.50. The van der Waals surface area contributed by atoms with Gasteiger partial charge in [0.15, 0.2) is 6.29 Å². The minimum Gasteiger partial charge on any atom is -1.00 e. The van der Waals surface area contributed by atoms with Crippen LogP contribution in [0.1, 0.15) is 0 Å². The number of quaternary nitrogens is 1. The van der Waals surface area contributed by atoms with Crippen molar-refractivity contribution in [1.29, 1.82) is 0 Å². The summed E-state index contributed by atoms with van der Waals surface area (Å²) in [5.74, 6) is -2.23. The lowest BCUT2D eigenvalue weighted by atomic mass is 9.99. The van der Waals surface area contributed by atoms with Gasteiger partial charge in [-0.3, -0.25) is 0 Å². The van der Waals surface area contributed by atoms with E-state index in [1.165, 1.54) is 0 Å². The number of aliphatic hydroxyl groups is 7. The van der Waals surface area contributed by atoms with E-state index in [2.05, 4.69) is 0 Å². The minimum absolute atomic E-state index is 0. The molecule has 2 fully saturated rings. The van der Waals surface area contributed by atoms with E-state index in [4.69, 9.17) is 24.0 Å². The topological polar surface area (TPSA) is 188 Å². The van der Waals surface area contributed by atoms with Gasteiger partial charge in [0.25, 0.3) is 0 Å². The van der Waals surface area contributed by atoms with E-state index in [1.807, 2.05) is 21.1 Å². The molecule has 2 aliphatic heterocycles. The summed E-state index contributed by atoms with van der Waals surface area (Å²) in [7, 11) is 5.89. The Bertz CT molecular complexity index is 540. The lowest BCUT2D eigenvalue weighted by Gasteiger charge is -2.43. The fraction of sp³-hybridized carbons (Fsp3) is 1.00. The van der Waals surface area contributed by atoms with Crippen LogP contribution in [-0.4, -0.2) is 149 Å². The van der Waals surface area contributed by atoms with Crippen molar-refractivity contribution in [1.82, 2.24) is 0 Å². The van der Waals surface area contributed by atoms with Gasteiger partial charge in [-0.05, 0) is 0 Å². The molecule has 0 aromatic carbocycles. The quantitative estimate of drug-likeness (QED) is 0.0679. The SMILES string of the molecule is C[N+](C)(C)CCOOC[C@H]1O[C@H](O[C@]2(CO)O[C@H](CO)[C@@H](O)[C@@H]2O)[C@H](O)[C@@H](O)[C@@H]1O.[Cl-]. The van der Waals surface area contributed by atoms with Crippen LogP contribution in [0.5, 0.6) is 0 Å². The average Bonchev–Trinajstić information content (AvgIpc) is 2.93. The summed E-state index contributed by atoms with van der Waals surface area (Å²) < 4.78 is 16.7. The van der Waals surface area contributed by atoms with Crippen molar-refractivity contribution in [3.05, 3.63) is 0 Å². The number of halogens is 1. The van der Waals surface area contributed by atoms with Crippen molar-refractivity contribution in [2.75, 3.05) is 54.1 Å². The van der Waals surface area contributed by atoms with Crippen molar-refractivity contribution in [3.63, 3.8) is 0 Å². The molecule has 0 aromatic rings. The van der Waals surface area contributed by atoms with Crippen LogP contribution in [0, 0.1) is 0 Å². The molecule has 0 aliphatic carbocycles. The smallest absolute Gasteiger partial charge is 0.224 e. The lowest BCUT2D eigenvalue weighted by molar-refractivity contribution is -0.871. The number of hydrogen-bond acceptors (Lipinski definition) is 12. The van der Waals surface area contributed by atoms with Gasteiger partial charge in [0.2, 0.25) is 5.79 Å². The zero-order valence-electron chi connectivity index (χ0n) is 17.7. The maximum Gasteiger partial charge on any atom is 0.224 e.